The van der Waals surface area contributed by atoms with E-state index in [1.165, 1.54) is 0 Å². The Balaban J connectivity index is 1.55. The van der Waals surface area contributed by atoms with E-state index in [1.807, 2.05) is 12.1 Å². The van der Waals surface area contributed by atoms with Gasteiger partial charge in [0.2, 0.25) is 5.91 Å². The van der Waals surface area contributed by atoms with Gasteiger partial charge >= 0.3 is 0 Å². The van der Waals surface area contributed by atoms with E-state index in [2.05, 4.69) is 15.6 Å². The molecule has 1 aliphatic carbocycles. The van der Waals surface area contributed by atoms with Gasteiger partial charge in [-0.1, -0.05) is 6.07 Å². The molecule has 0 unspecified atom stereocenters. The van der Waals surface area contributed by atoms with Gasteiger partial charge in [0.15, 0.2) is 0 Å². The predicted octanol–water partition coefficient (Wildman–Crippen LogP) is 2.41. The van der Waals surface area contributed by atoms with Crippen LogP contribution in [-0.4, -0.2) is 28.6 Å². The van der Waals surface area contributed by atoms with E-state index in [0.717, 1.165) is 35.9 Å². The minimum atomic E-state index is 0.128. The van der Waals surface area contributed by atoms with Crippen LogP contribution in [0.15, 0.2) is 30.5 Å². The van der Waals surface area contributed by atoms with Crippen LogP contribution in [0.1, 0.15) is 25.7 Å². The molecule has 0 spiro atoms. The van der Waals surface area contributed by atoms with Gasteiger partial charge in [0.05, 0.1) is 0 Å². The SMILES string of the molecule is O=C(CCCNc1nccc2ccc(O)cc12)NC1CC1. The third kappa shape index (κ3) is 3.62. The first kappa shape index (κ1) is 13.7. The van der Waals surface area contributed by atoms with Crippen molar-refractivity contribution >= 4 is 22.5 Å². The van der Waals surface area contributed by atoms with Crippen molar-refractivity contribution < 1.29 is 9.90 Å². The van der Waals surface area contributed by atoms with Crippen LogP contribution in [0.5, 0.6) is 5.75 Å². The van der Waals surface area contributed by atoms with Crippen molar-refractivity contribution in [3.63, 3.8) is 0 Å². The summed E-state index contributed by atoms with van der Waals surface area (Å²) in [6.45, 7) is 0.680. The fraction of sp³-hybridized carbons (Fsp3) is 0.375. The molecule has 1 aromatic heterocycles. The lowest BCUT2D eigenvalue weighted by atomic mass is 10.1. The maximum absolute atomic E-state index is 11.6. The van der Waals surface area contributed by atoms with Gasteiger partial charge in [-0.25, -0.2) is 4.98 Å². The lowest BCUT2D eigenvalue weighted by Crippen LogP contribution is -2.25. The van der Waals surface area contributed by atoms with E-state index in [1.54, 1.807) is 18.3 Å². The Morgan fingerprint density at radius 1 is 1.33 bits per heavy atom. The molecule has 1 saturated carbocycles. The number of benzene rings is 1. The molecule has 0 atom stereocenters. The van der Waals surface area contributed by atoms with Gasteiger partial charge in [-0.15, -0.1) is 0 Å². The third-order valence-electron chi connectivity index (χ3n) is 3.57. The van der Waals surface area contributed by atoms with E-state index < -0.39 is 0 Å². The van der Waals surface area contributed by atoms with Crippen LogP contribution in [0.25, 0.3) is 10.8 Å². The average molecular weight is 285 g/mol. The summed E-state index contributed by atoms with van der Waals surface area (Å²) in [6, 6.07) is 7.55. The Labute approximate surface area is 123 Å². The zero-order chi connectivity index (χ0) is 14.7. The number of nitrogens with one attached hydrogen (secondary N) is 2. The molecule has 21 heavy (non-hydrogen) atoms. The van der Waals surface area contributed by atoms with E-state index in [-0.39, 0.29) is 11.7 Å². The monoisotopic (exact) mass is 285 g/mol. The van der Waals surface area contributed by atoms with Crippen molar-refractivity contribution in [3.8, 4) is 5.75 Å². The maximum Gasteiger partial charge on any atom is 0.220 e. The topological polar surface area (TPSA) is 74.2 Å². The highest BCUT2D eigenvalue weighted by Gasteiger charge is 2.22. The van der Waals surface area contributed by atoms with E-state index in [4.69, 9.17) is 0 Å². The van der Waals surface area contributed by atoms with Crippen molar-refractivity contribution in [3.05, 3.63) is 30.5 Å². The summed E-state index contributed by atoms with van der Waals surface area (Å²) in [7, 11) is 0. The van der Waals surface area contributed by atoms with Gasteiger partial charge in [0.25, 0.3) is 0 Å². The highest BCUT2D eigenvalue weighted by Crippen LogP contribution is 2.25. The minimum absolute atomic E-state index is 0.128. The molecule has 1 heterocycles. The fourth-order valence-electron chi connectivity index (χ4n) is 2.28. The highest BCUT2D eigenvalue weighted by molar-refractivity contribution is 5.92. The Kier molecular flexibility index (Phi) is 3.90. The van der Waals surface area contributed by atoms with Gasteiger partial charge in [-0.3, -0.25) is 4.79 Å². The van der Waals surface area contributed by atoms with Crippen molar-refractivity contribution in [1.29, 1.82) is 0 Å². The number of carbonyl (C=O) groups is 1. The number of nitrogens with zero attached hydrogens (tertiary/aromatic N) is 1. The molecule has 5 nitrogen and oxygen atoms in total. The van der Waals surface area contributed by atoms with Crippen LogP contribution in [0, 0.1) is 0 Å². The Hall–Kier alpha value is -2.30. The first-order valence-corrected chi connectivity index (χ1v) is 7.33. The number of phenolic OH excluding ortho intramolecular Hbond substituents is 1. The second-order valence-electron chi connectivity index (χ2n) is 5.44. The number of pyridine rings is 1. The fourth-order valence-corrected chi connectivity index (χ4v) is 2.28. The summed E-state index contributed by atoms with van der Waals surface area (Å²) in [6.07, 6.45) is 5.26. The quantitative estimate of drug-likeness (QED) is 0.713. The number of hydrogen-bond acceptors (Lipinski definition) is 4. The summed E-state index contributed by atoms with van der Waals surface area (Å²) < 4.78 is 0. The number of rotatable bonds is 6. The Morgan fingerprint density at radius 2 is 2.19 bits per heavy atom. The summed E-state index contributed by atoms with van der Waals surface area (Å²) in [4.78, 5) is 15.9. The molecule has 0 bridgehead atoms. The number of hydrogen-bond donors (Lipinski definition) is 3. The first-order valence-electron chi connectivity index (χ1n) is 7.33. The number of carbonyl (C=O) groups excluding carboxylic acids is 1. The van der Waals surface area contributed by atoms with E-state index in [9.17, 15) is 9.90 Å². The third-order valence-corrected chi connectivity index (χ3v) is 3.57. The summed E-state index contributed by atoms with van der Waals surface area (Å²) >= 11 is 0. The van der Waals surface area contributed by atoms with Gasteiger partial charge in [-0.05, 0) is 42.8 Å². The number of fused-ring (bicyclic) bond motifs is 1. The molecule has 1 aromatic carbocycles. The minimum Gasteiger partial charge on any atom is -0.508 e. The van der Waals surface area contributed by atoms with Crippen LogP contribution in [0.3, 0.4) is 0 Å². The second-order valence-corrected chi connectivity index (χ2v) is 5.44. The first-order chi connectivity index (χ1) is 10.2. The number of phenols is 1. The van der Waals surface area contributed by atoms with Crippen molar-refractivity contribution in [2.24, 2.45) is 0 Å². The van der Waals surface area contributed by atoms with Crippen molar-refractivity contribution in [1.82, 2.24) is 10.3 Å². The van der Waals surface area contributed by atoms with Crippen LogP contribution < -0.4 is 10.6 Å². The normalized spacial score (nSPS) is 14.1. The van der Waals surface area contributed by atoms with E-state index in [0.29, 0.717) is 19.0 Å². The van der Waals surface area contributed by atoms with Gasteiger partial charge in [0, 0.05) is 30.6 Å². The predicted molar refractivity (Wildman–Crippen MR) is 82.3 cm³/mol. The van der Waals surface area contributed by atoms with Crippen LogP contribution in [0.2, 0.25) is 0 Å². The number of aromatic nitrogens is 1. The number of anilines is 1. The molecule has 1 fully saturated rings. The van der Waals surface area contributed by atoms with Crippen LogP contribution in [0.4, 0.5) is 5.82 Å². The Morgan fingerprint density at radius 3 is 3.00 bits per heavy atom. The molecular formula is C16H19N3O2. The smallest absolute Gasteiger partial charge is 0.220 e. The van der Waals surface area contributed by atoms with E-state index >= 15 is 0 Å². The van der Waals surface area contributed by atoms with Gasteiger partial charge < -0.3 is 15.7 Å². The lowest BCUT2D eigenvalue weighted by molar-refractivity contribution is -0.121. The largest absolute Gasteiger partial charge is 0.508 e. The molecule has 3 N–H and O–H groups in total. The second kappa shape index (κ2) is 5.99. The van der Waals surface area contributed by atoms with Crippen LogP contribution in [-0.2, 0) is 4.79 Å². The molecule has 110 valence electrons. The highest BCUT2D eigenvalue weighted by atomic mass is 16.3. The molecule has 1 amide bonds. The summed E-state index contributed by atoms with van der Waals surface area (Å²) in [5.74, 6) is 1.09. The van der Waals surface area contributed by atoms with Crippen LogP contribution >= 0.6 is 0 Å². The number of amides is 1. The summed E-state index contributed by atoms with van der Waals surface area (Å²) in [5.41, 5.74) is 0. The molecule has 0 radical (unpaired) electrons. The van der Waals surface area contributed by atoms with Crippen molar-refractivity contribution in [2.45, 2.75) is 31.7 Å². The standard InChI is InChI=1S/C16H19N3O2/c20-13-6-3-11-7-9-18-16(14(11)10-13)17-8-1-2-15(21)19-12-4-5-12/h3,6-7,9-10,12,20H,1-2,4-5,8H2,(H,17,18)(H,19,21). The zero-order valence-corrected chi connectivity index (χ0v) is 11.8. The zero-order valence-electron chi connectivity index (χ0n) is 11.8. The maximum atomic E-state index is 11.6. The van der Waals surface area contributed by atoms with Crippen molar-refractivity contribution in [2.75, 3.05) is 11.9 Å². The molecule has 0 aliphatic heterocycles. The molecule has 0 saturated heterocycles. The lowest BCUT2D eigenvalue weighted by Gasteiger charge is -2.09. The summed E-state index contributed by atoms with van der Waals surface area (Å²) in [5, 5.41) is 17.7. The molecular weight excluding hydrogens is 266 g/mol. The molecule has 5 heteroatoms. The average Bonchev–Trinajstić information content (AvgIpc) is 3.27. The van der Waals surface area contributed by atoms with Gasteiger partial charge in [-0.2, -0.15) is 0 Å². The molecule has 1 aliphatic rings. The number of aromatic hydroxyl groups is 1. The Bertz CT molecular complexity index is 653. The molecule has 3 rings (SSSR count). The van der Waals surface area contributed by atoms with Gasteiger partial charge in [0.1, 0.15) is 11.6 Å². The molecule has 2 aromatic rings.